The molecule has 3 N–H and O–H groups in total. The molecule has 0 radical (unpaired) electrons. The molecule has 0 spiro atoms. The Bertz CT molecular complexity index is 1110. The van der Waals surface area contributed by atoms with E-state index < -0.39 is 11.5 Å². The average molecular weight is 393 g/mol. The fourth-order valence-corrected chi connectivity index (χ4v) is 3.73. The number of rotatable bonds is 5. The van der Waals surface area contributed by atoms with Gasteiger partial charge in [0.1, 0.15) is 5.56 Å². The van der Waals surface area contributed by atoms with Crippen LogP contribution in [0, 0.1) is 13.8 Å². The number of anilines is 1. The summed E-state index contributed by atoms with van der Waals surface area (Å²) in [6, 6.07) is 9.53. The van der Waals surface area contributed by atoms with Gasteiger partial charge in [0.25, 0.3) is 11.5 Å². The van der Waals surface area contributed by atoms with Gasteiger partial charge in [-0.05, 0) is 37.0 Å². The lowest BCUT2D eigenvalue weighted by Gasteiger charge is -2.17. The van der Waals surface area contributed by atoms with Gasteiger partial charge in [-0.3, -0.25) is 19.2 Å². The number of Topliss-reactive ketones (excluding diaryl/α,β-unsaturated/α-hetero) is 1. The molecule has 0 unspecified atom stereocenters. The van der Waals surface area contributed by atoms with Crippen molar-refractivity contribution in [1.82, 2.24) is 4.57 Å². The zero-order valence-electron chi connectivity index (χ0n) is 16.7. The predicted octanol–water partition coefficient (Wildman–Crippen LogP) is 2.25. The van der Waals surface area contributed by atoms with E-state index >= 15 is 0 Å². The molecular weight excluding hydrogens is 370 g/mol. The van der Waals surface area contributed by atoms with Crippen LogP contribution in [0.3, 0.4) is 0 Å². The summed E-state index contributed by atoms with van der Waals surface area (Å²) in [7, 11) is 1.51. The highest BCUT2D eigenvalue weighted by Gasteiger charge is 2.27. The number of aromatic nitrogens is 1. The number of nitrogens with zero attached hydrogens (tertiary/aromatic N) is 1. The first-order chi connectivity index (χ1) is 13.7. The van der Waals surface area contributed by atoms with Crippen LogP contribution in [0.1, 0.15) is 46.4 Å². The normalized spacial score (nSPS) is 13.7. The van der Waals surface area contributed by atoms with Crippen LogP contribution in [0.15, 0.2) is 40.7 Å². The maximum atomic E-state index is 12.8. The van der Waals surface area contributed by atoms with E-state index in [0.717, 1.165) is 11.1 Å². The molecule has 7 nitrogen and oxygen atoms in total. The van der Waals surface area contributed by atoms with Crippen molar-refractivity contribution in [2.24, 2.45) is 12.8 Å². The van der Waals surface area contributed by atoms with Crippen LogP contribution in [0.4, 0.5) is 5.69 Å². The molecule has 0 saturated heterocycles. The van der Waals surface area contributed by atoms with Crippen LogP contribution in [0.5, 0.6) is 0 Å². The molecule has 0 fully saturated rings. The van der Waals surface area contributed by atoms with E-state index in [9.17, 15) is 19.2 Å². The highest BCUT2D eigenvalue weighted by atomic mass is 16.2. The first-order valence-corrected chi connectivity index (χ1v) is 9.32. The first-order valence-electron chi connectivity index (χ1n) is 9.32. The van der Waals surface area contributed by atoms with Gasteiger partial charge < -0.3 is 15.6 Å². The molecule has 1 aromatic carbocycles. The number of allylic oxidation sites excluding steroid dienone is 1. The van der Waals surface area contributed by atoms with E-state index in [2.05, 4.69) is 5.32 Å². The second kappa shape index (κ2) is 7.87. The number of primary amides is 1. The van der Waals surface area contributed by atoms with Crippen molar-refractivity contribution < 1.29 is 14.4 Å². The summed E-state index contributed by atoms with van der Waals surface area (Å²) >= 11 is 0. The summed E-state index contributed by atoms with van der Waals surface area (Å²) in [6.45, 7) is 3.24. The highest BCUT2D eigenvalue weighted by Crippen LogP contribution is 2.33. The Morgan fingerprint density at radius 2 is 1.76 bits per heavy atom. The number of carbonyl (C=O) groups excluding carboxylic acids is 3. The number of hydrogen-bond donors (Lipinski definition) is 2. The Morgan fingerprint density at radius 3 is 2.38 bits per heavy atom. The molecule has 1 aliphatic rings. The van der Waals surface area contributed by atoms with Gasteiger partial charge in [-0.1, -0.05) is 30.3 Å². The minimum Gasteiger partial charge on any atom is -0.365 e. The van der Waals surface area contributed by atoms with Gasteiger partial charge in [-0.25, -0.2) is 0 Å². The van der Waals surface area contributed by atoms with Crippen molar-refractivity contribution in [3.8, 4) is 0 Å². The molecule has 0 aliphatic heterocycles. The molecule has 1 heterocycles. The first kappa shape index (κ1) is 20.3. The fraction of sp³-hybridized carbons (Fsp3) is 0.273. The summed E-state index contributed by atoms with van der Waals surface area (Å²) in [6.07, 6.45) is 0.919. The molecule has 2 aromatic rings. The van der Waals surface area contributed by atoms with E-state index in [0.29, 0.717) is 35.4 Å². The Balaban J connectivity index is 1.95. The molecule has 2 amide bonds. The van der Waals surface area contributed by atoms with Crippen LogP contribution in [-0.4, -0.2) is 22.2 Å². The number of pyridine rings is 1. The summed E-state index contributed by atoms with van der Waals surface area (Å²) in [5, 5.41) is 2.77. The molecule has 0 saturated carbocycles. The number of benzene rings is 1. The van der Waals surface area contributed by atoms with Gasteiger partial charge in [0, 0.05) is 24.7 Å². The molecule has 1 aliphatic carbocycles. The Kier molecular flexibility index (Phi) is 5.50. The van der Waals surface area contributed by atoms with Gasteiger partial charge in [-0.15, -0.1) is 0 Å². The van der Waals surface area contributed by atoms with Crippen molar-refractivity contribution in [3.05, 3.63) is 68.6 Å². The molecule has 3 rings (SSSR count). The summed E-state index contributed by atoms with van der Waals surface area (Å²) in [4.78, 5) is 49.2. The van der Waals surface area contributed by atoms with Crippen LogP contribution in [0.25, 0.3) is 5.57 Å². The van der Waals surface area contributed by atoms with Gasteiger partial charge in [0.2, 0.25) is 5.91 Å². The van der Waals surface area contributed by atoms with Crippen LogP contribution in [0.2, 0.25) is 0 Å². The van der Waals surface area contributed by atoms with Gasteiger partial charge in [0.15, 0.2) is 5.78 Å². The lowest BCUT2D eigenvalue weighted by atomic mass is 9.99. The van der Waals surface area contributed by atoms with Gasteiger partial charge >= 0.3 is 0 Å². The quantitative estimate of drug-likeness (QED) is 0.811. The minimum atomic E-state index is -0.848. The Morgan fingerprint density at radius 1 is 1.10 bits per heavy atom. The third kappa shape index (κ3) is 3.76. The van der Waals surface area contributed by atoms with Gasteiger partial charge in [-0.2, -0.15) is 0 Å². The van der Waals surface area contributed by atoms with E-state index in [-0.39, 0.29) is 23.7 Å². The monoisotopic (exact) mass is 393 g/mol. The van der Waals surface area contributed by atoms with Crippen LogP contribution >= 0.6 is 0 Å². The second-order valence-electron chi connectivity index (χ2n) is 7.16. The maximum absolute atomic E-state index is 12.8. The zero-order chi connectivity index (χ0) is 21.3. The van der Waals surface area contributed by atoms with Crippen molar-refractivity contribution >= 4 is 28.9 Å². The number of ketones is 1. The topological polar surface area (TPSA) is 111 Å². The van der Waals surface area contributed by atoms with Crippen molar-refractivity contribution in [2.45, 2.75) is 33.1 Å². The smallest absolute Gasteiger partial charge is 0.263 e. The van der Waals surface area contributed by atoms with E-state index in [4.69, 9.17) is 5.73 Å². The fourth-order valence-electron chi connectivity index (χ4n) is 3.73. The third-order valence-electron chi connectivity index (χ3n) is 5.41. The Hall–Kier alpha value is -3.48. The molecule has 150 valence electrons. The van der Waals surface area contributed by atoms with E-state index in [1.165, 1.54) is 11.6 Å². The number of nitrogens with two attached hydrogens (primary N) is 1. The third-order valence-corrected chi connectivity index (χ3v) is 5.41. The second-order valence-corrected chi connectivity index (χ2v) is 7.16. The number of carbonyl (C=O) groups is 3. The molecule has 7 heteroatoms. The lowest BCUT2D eigenvalue weighted by molar-refractivity contribution is -0.119. The maximum Gasteiger partial charge on any atom is 0.263 e. The predicted molar refractivity (Wildman–Crippen MR) is 111 cm³/mol. The van der Waals surface area contributed by atoms with Crippen LogP contribution in [-0.2, 0) is 16.6 Å². The lowest BCUT2D eigenvalue weighted by Crippen LogP contribution is -2.32. The number of amides is 2. The van der Waals surface area contributed by atoms with Crippen molar-refractivity contribution in [2.75, 3.05) is 5.32 Å². The van der Waals surface area contributed by atoms with Crippen molar-refractivity contribution in [1.29, 1.82) is 0 Å². The van der Waals surface area contributed by atoms with Crippen molar-refractivity contribution in [3.63, 3.8) is 0 Å². The minimum absolute atomic E-state index is 0.0364. The standard InChI is InChI=1S/C22H23N3O4/c1-12-19(21(23)28)22(29)25(3)13(2)20(12)24-18(27)11-16-15(9-10-17(16)26)14-7-5-4-6-8-14/h4-8H,9-11H2,1-3H3,(H2,23,28)(H,24,27). The largest absolute Gasteiger partial charge is 0.365 e. The Labute approximate surface area is 168 Å². The molecule has 1 aromatic heterocycles. The number of hydrogen-bond acceptors (Lipinski definition) is 4. The summed E-state index contributed by atoms with van der Waals surface area (Å²) < 4.78 is 1.28. The van der Waals surface area contributed by atoms with E-state index in [1.807, 2.05) is 30.3 Å². The highest BCUT2D eigenvalue weighted by molar-refractivity contribution is 6.11. The molecule has 0 atom stereocenters. The molecular formula is C22H23N3O4. The molecule has 0 bridgehead atoms. The molecule has 29 heavy (non-hydrogen) atoms. The summed E-state index contributed by atoms with van der Waals surface area (Å²) in [5.74, 6) is -1.27. The zero-order valence-corrected chi connectivity index (χ0v) is 16.7. The number of nitrogens with one attached hydrogen (secondary N) is 1. The average Bonchev–Trinajstić information content (AvgIpc) is 3.04. The van der Waals surface area contributed by atoms with Crippen LogP contribution < -0.4 is 16.6 Å². The van der Waals surface area contributed by atoms with Gasteiger partial charge in [0.05, 0.1) is 12.1 Å². The summed E-state index contributed by atoms with van der Waals surface area (Å²) in [5.41, 5.74) is 8.19. The SMILES string of the molecule is Cc1c(NC(=O)CC2=C(c3ccccc3)CCC2=O)c(C)n(C)c(=O)c1C(N)=O. The van der Waals surface area contributed by atoms with E-state index in [1.54, 1.807) is 13.8 Å².